The van der Waals surface area contributed by atoms with Crippen LogP contribution in [-0.2, 0) is 20.9 Å². The van der Waals surface area contributed by atoms with Crippen molar-refractivity contribution in [1.82, 2.24) is 35.0 Å². The van der Waals surface area contributed by atoms with Crippen molar-refractivity contribution >= 4 is 69.3 Å². The third kappa shape index (κ3) is 8.32. The highest BCUT2D eigenvalue weighted by molar-refractivity contribution is 6.33. The largest absolute Gasteiger partial charge is 0.478 e. The van der Waals surface area contributed by atoms with Crippen LogP contribution in [0.5, 0.6) is 5.75 Å². The lowest BCUT2D eigenvalue weighted by molar-refractivity contribution is -0.137. The molecule has 316 valence electrons. The number of carbonyl (C=O) groups excluding carboxylic acids is 4. The van der Waals surface area contributed by atoms with E-state index in [0.29, 0.717) is 52.7 Å². The summed E-state index contributed by atoms with van der Waals surface area (Å²) in [7, 11) is 1.51. The van der Waals surface area contributed by atoms with Crippen molar-refractivity contribution in [2.75, 3.05) is 74.6 Å². The number of imide groups is 1. The summed E-state index contributed by atoms with van der Waals surface area (Å²) in [5.74, 6) is -0.459. The van der Waals surface area contributed by atoms with E-state index in [1.807, 2.05) is 32.0 Å². The molecule has 18 heteroatoms. The number of halogens is 2. The van der Waals surface area contributed by atoms with Crippen molar-refractivity contribution in [3.8, 4) is 5.75 Å². The van der Waals surface area contributed by atoms with E-state index in [2.05, 4.69) is 35.6 Å². The molecule has 2 aromatic carbocycles. The first-order valence-electron chi connectivity index (χ1n) is 20.4. The van der Waals surface area contributed by atoms with Gasteiger partial charge in [-0.3, -0.25) is 34.2 Å². The number of aromatic nitrogens is 3. The Bertz CT molecular complexity index is 2410. The minimum Gasteiger partial charge on any atom is -0.478 e. The van der Waals surface area contributed by atoms with Crippen LogP contribution in [0.25, 0.3) is 10.9 Å². The Kier molecular flexibility index (Phi) is 11.6. The highest BCUT2D eigenvalue weighted by Crippen LogP contribution is 2.35. The molecule has 1 atom stereocenters. The molecule has 16 nitrogen and oxygen atoms in total. The van der Waals surface area contributed by atoms with Gasteiger partial charge in [0.1, 0.15) is 16.9 Å². The third-order valence-electron chi connectivity index (χ3n) is 11.9. The highest BCUT2D eigenvalue weighted by Gasteiger charge is 2.40. The summed E-state index contributed by atoms with van der Waals surface area (Å²) in [6, 6.07) is 9.40. The summed E-state index contributed by atoms with van der Waals surface area (Å²) in [4.78, 5) is 79.7. The number of fused-ring (bicyclic) bond motifs is 2. The van der Waals surface area contributed by atoms with Crippen LogP contribution in [0.1, 0.15) is 61.5 Å². The molecular formula is C42H48ClFN10O6. The van der Waals surface area contributed by atoms with Crippen molar-refractivity contribution in [3.63, 3.8) is 0 Å². The lowest BCUT2D eigenvalue weighted by atomic mass is 9.95. The van der Waals surface area contributed by atoms with Crippen molar-refractivity contribution in [3.05, 3.63) is 74.9 Å². The minimum absolute atomic E-state index is 0.0803. The zero-order valence-electron chi connectivity index (χ0n) is 33.8. The Morgan fingerprint density at radius 3 is 2.48 bits per heavy atom. The highest BCUT2D eigenvalue weighted by atomic mass is 35.5. The summed E-state index contributed by atoms with van der Waals surface area (Å²) in [6.07, 6.45) is 3.82. The first-order chi connectivity index (χ1) is 28.9. The van der Waals surface area contributed by atoms with E-state index >= 15 is 4.39 Å². The van der Waals surface area contributed by atoms with E-state index in [1.165, 1.54) is 18.0 Å². The predicted octanol–water partition coefficient (Wildman–Crippen LogP) is 3.83. The number of ether oxygens (including phenoxy) is 1. The number of likely N-dealkylation sites (N-methyl/N-ethyl adjacent to an activating group) is 1. The topological polar surface area (TPSA) is 174 Å². The molecule has 0 bridgehead atoms. The molecular weight excluding hydrogens is 795 g/mol. The number of anilines is 4. The van der Waals surface area contributed by atoms with Crippen LogP contribution in [-0.4, -0.2) is 113 Å². The molecule has 2 aromatic heterocycles. The number of piperazine rings is 1. The van der Waals surface area contributed by atoms with E-state index < -0.39 is 17.8 Å². The van der Waals surface area contributed by atoms with Crippen LogP contribution in [0.2, 0.25) is 5.02 Å². The molecule has 4 amide bonds. The van der Waals surface area contributed by atoms with Crippen LogP contribution >= 0.6 is 11.6 Å². The maximum absolute atomic E-state index is 15.5. The fraction of sp³-hybridized carbons (Fsp3) is 0.452. The first-order valence-corrected chi connectivity index (χ1v) is 20.8. The standard InChI is InChI=1S/C42H48ClFN10O6/c1-24(2)54-32-5-4-28(16-26(32)18-35(41(54)59)60-23-37(56)45-3)47-38-30(43)20-46-42(49-38)52-14-12-50(13-15-52)21-25-8-10-51(11-9-25)34-17-27-22-53(40(58)29(27)19-31(34)44)33-6-7-36(55)48-39(33)57/h4-5,16-20,24-25,33H,6-15,21-23H2,1-3H3,(H,45,56)(H,46,47,49)(H,48,55,57). The lowest BCUT2D eigenvalue weighted by Gasteiger charge is -2.39. The van der Waals surface area contributed by atoms with E-state index in [4.69, 9.17) is 21.3 Å². The molecule has 3 saturated heterocycles. The Hall–Kier alpha value is -5.81. The Morgan fingerprint density at radius 2 is 1.77 bits per heavy atom. The summed E-state index contributed by atoms with van der Waals surface area (Å²) >= 11 is 6.58. The molecule has 60 heavy (non-hydrogen) atoms. The maximum atomic E-state index is 15.5. The third-order valence-corrected chi connectivity index (χ3v) is 12.1. The second kappa shape index (κ2) is 17.0. The number of nitrogens with zero attached hydrogens (tertiary/aromatic N) is 7. The normalized spacial score (nSPS) is 18.9. The summed E-state index contributed by atoms with van der Waals surface area (Å²) in [5.41, 5.74) is 2.55. The van der Waals surface area contributed by atoms with Gasteiger partial charge in [-0.2, -0.15) is 4.98 Å². The number of nitrogens with one attached hydrogen (secondary N) is 3. The zero-order chi connectivity index (χ0) is 42.2. The second-order valence-electron chi connectivity index (χ2n) is 16.1. The van der Waals surface area contributed by atoms with Gasteiger partial charge in [0.25, 0.3) is 17.4 Å². The molecule has 3 N–H and O–H groups in total. The number of amides is 4. The Morgan fingerprint density at radius 1 is 1.00 bits per heavy atom. The molecule has 0 radical (unpaired) electrons. The van der Waals surface area contributed by atoms with Gasteiger partial charge in [-0.1, -0.05) is 11.6 Å². The maximum Gasteiger partial charge on any atom is 0.293 e. The number of piperidine rings is 2. The van der Waals surface area contributed by atoms with E-state index in [-0.39, 0.29) is 66.6 Å². The number of hydrogen-bond donors (Lipinski definition) is 3. The van der Waals surface area contributed by atoms with Crippen LogP contribution in [0.4, 0.5) is 27.5 Å². The van der Waals surface area contributed by atoms with Crippen LogP contribution in [0.3, 0.4) is 0 Å². The molecule has 4 aromatic rings. The van der Waals surface area contributed by atoms with Crippen molar-refractivity contribution in [2.45, 2.75) is 58.2 Å². The van der Waals surface area contributed by atoms with Gasteiger partial charge >= 0.3 is 0 Å². The van der Waals surface area contributed by atoms with Gasteiger partial charge in [-0.05, 0) is 81.0 Å². The van der Waals surface area contributed by atoms with Gasteiger partial charge in [0.05, 0.1) is 17.4 Å². The van der Waals surface area contributed by atoms with Crippen LogP contribution in [0, 0.1) is 11.7 Å². The molecule has 8 rings (SSSR count). The van der Waals surface area contributed by atoms with E-state index in [9.17, 15) is 24.0 Å². The fourth-order valence-corrected chi connectivity index (χ4v) is 8.77. The molecule has 3 fully saturated rings. The molecule has 0 aliphatic carbocycles. The molecule has 4 aliphatic heterocycles. The average Bonchev–Trinajstić information content (AvgIpc) is 3.54. The van der Waals surface area contributed by atoms with Gasteiger partial charge in [0.15, 0.2) is 18.2 Å². The van der Waals surface area contributed by atoms with Crippen LogP contribution < -0.4 is 36.0 Å². The zero-order valence-corrected chi connectivity index (χ0v) is 34.6. The van der Waals surface area contributed by atoms with E-state index in [0.717, 1.165) is 56.5 Å². The number of rotatable bonds is 11. The summed E-state index contributed by atoms with van der Waals surface area (Å²) in [6.45, 7) is 9.21. The van der Waals surface area contributed by atoms with E-state index in [1.54, 1.807) is 22.9 Å². The first kappa shape index (κ1) is 40.9. The molecule has 6 heterocycles. The van der Waals surface area contributed by atoms with Crippen molar-refractivity contribution < 1.29 is 28.3 Å². The van der Waals surface area contributed by atoms with Crippen molar-refractivity contribution in [1.29, 1.82) is 0 Å². The minimum atomic E-state index is -0.740. The number of hydrogen-bond acceptors (Lipinski definition) is 12. The number of benzene rings is 2. The number of pyridine rings is 1. The van der Waals surface area contributed by atoms with Crippen LogP contribution in [0.15, 0.2) is 47.4 Å². The summed E-state index contributed by atoms with van der Waals surface area (Å²) in [5, 5.41) is 9.21. The fourth-order valence-electron chi connectivity index (χ4n) is 8.64. The monoisotopic (exact) mass is 842 g/mol. The predicted molar refractivity (Wildman–Crippen MR) is 225 cm³/mol. The van der Waals surface area contributed by atoms with Gasteiger partial charge in [-0.15, -0.1) is 0 Å². The van der Waals surface area contributed by atoms with Gasteiger partial charge in [0.2, 0.25) is 17.8 Å². The SMILES string of the molecule is CNC(=O)COc1cc2cc(Nc3nc(N4CCN(CC5CCN(c6cc7c(cc6F)C(=O)N(C6CCC(=O)NC6=O)C7)CC5)CC4)ncc3Cl)ccc2n(C(C)C)c1=O. The number of carbonyl (C=O) groups is 4. The average molecular weight is 843 g/mol. The quantitative estimate of drug-likeness (QED) is 0.187. The molecule has 1 unspecified atom stereocenters. The Labute approximate surface area is 351 Å². The summed E-state index contributed by atoms with van der Waals surface area (Å²) < 4.78 is 22.7. The Balaban J connectivity index is 0.856. The molecule has 0 saturated carbocycles. The molecule has 0 spiro atoms. The molecule has 4 aliphatic rings. The second-order valence-corrected chi connectivity index (χ2v) is 16.5. The van der Waals surface area contributed by atoms with Crippen molar-refractivity contribution in [2.24, 2.45) is 5.92 Å². The van der Waals surface area contributed by atoms with Gasteiger partial charge < -0.3 is 34.6 Å². The van der Waals surface area contributed by atoms with Gasteiger partial charge in [-0.25, -0.2) is 9.37 Å². The lowest BCUT2D eigenvalue weighted by Crippen LogP contribution is -2.52. The van der Waals surface area contributed by atoms with Gasteiger partial charge in [0, 0.05) is 88.5 Å². The smallest absolute Gasteiger partial charge is 0.293 e.